The van der Waals surface area contributed by atoms with Crippen LogP contribution in [0.3, 0.4) is 0 Å². The highest BCUT2D eigenvalue weighted by Gasteiger charge is 2.09. The Bertz CT molecular complexity index is 1040. The molecule has 1 aromatic heterocycles. The van der Waals surface area contributed by atoms with Gasteiger partial charge in [-0.05, 0) is 36.4 Å². The predicted molar refractivity (Wildman–Crippen MR) is 92.1 cm³/mol. The Labute approximate surface area is 140 Å². The second-order valence-corrected chi connectivity index (χ2v) is 5.35. The zero-order valence-electron chi connectivity index (χ0n) is 12.8. The van der Waals surface area contributed by atoms with Gasteiger partial charge in [0.25, 0.3) is 5.56 Å². The lowest BCUT2D eigenvalue weighted by atomic mass is 10.1. The Kier molecular flexibility index (Phi) is 4.30. The van der Waals surface area contributed by atoms with Gasteiger partial charge in [-0.15, -0.1) is 0 Å². The molecule has 0 aliphatic rings. The Morgan fingerprint density at radius 1 is 1.08 bits per heavy atom. The van der Waals surface area contributed by atoms with E-state index in [1.807, 2.05) is 0 Å². The molecule has 4 N–H and O–H groups in total. The first-order valence-electron chi connectivity index (χ1n) is 7.28. The van der Waals surface area contributed by atoms with Crippen molar-refractivity contribution in [1.29, 1.82) is 0 Å². The van der Waals surface area contributed by atoms with E-state index in [0.717, 1.165) is 18.4 Å². The van der Waals surface area contributed by atoms with Gasteiger partial charge in [0.1, 0.15) is 6.29 Å². The molecular formula is C18H13F2N3O2. The Balaban J connectivity index is 1.93. The number of benzene rings is 2. The first-order valence-corrected chi connectivity index (χ1v) is 7.28. The van der Waals surface area contributed by atoms with Gasteiger partial charge in [-0.1, -0.05) is 0 Å². The zero-order valence-corrected chi connectivity index (χ0v) is 12.8. The molecule has 0 spiro atoms. The average molecular weight is 341 g/mol. The summed E-state index contributed by atoms with van der Waals surface area (Å²) in [5.41, 5.74) is 7.00. The molecule has 0 amide bonds. The van der Waals surface area contributed by atoms with Crippen molar-refractivity contribution in [2.75, 3.05) is 5.32 Å². The molecule has 0 radical (unpaired) electrons. The number of halogens is 2. The normalized spacial score (nSPS) is 11.5. The van der Waals surface area contributed by atoms with Crippen LogP contribution in [0.15, 0.2) is 53.5 Å². The minimum Gasteiger partial charge on any atom is -0.397 e. The van der Waals surface area contributed by atoms with Crippen LogP contribution in [0.2, 0.25) is 0 Å². The second kappa shape index (κ2) is 6.56. The van der Waals surface area contributed by atoms with Crippen molar-refractivity contribution in [3.8, 4) is 0 Å². The molecular weight excluding hydrogens is 328 g/mol. The molecule has 7 heteroatoms. The van der Waals surface area contributed by atoms with E-state index in [1.54, 1.807) is 24.3 Å². The van der Waals surface area contributed by atoms with Crippen molar-refractivity contribution in [3.05, 3.63) is 81.8 Å². The summed E-state index contributed by atoms with van der Waals surface area (Å²) in [7, 11) is 0. The van der Waals surface area contributed by atoms with E-state index < -0.39 is 17.2 Å². The van der Waals surface area contributed by atoms with E-state index in [-0.39, 0.29) is 16.8 Å². The fourth-order valence-corrected chi connectivity index (χ4v) is 2.31. The van der Waals surface area contributed by atoms with Crippen LogP contribution >= 0.6 is 0 Å². The molecule has 0 atom stereocenters. The Morgan fingerprint density at radius 3 is 2.44 bits per heavy atom. The van der Waals surface area contributed by atoms with Crippen LogP contribution in [-0.2, 0) is 0 Å². The summed E-state index contributed by atoms with van der Waals surface area (Å²) in [4.78, 5) is 25.2. The molecule has 0 aliphatic heterocycles. The molecule has 0 saturated carbocycles. The van der Waals surface area contributed by atoms with E-state index in [2.05, 4.69) is 10.3 Å². The number of aromatic nitrogens is 1. The van der Waals surface area contributed by atoms with Crippen LogP contribution in [-0.4, -0.2) is 11.3 Å². The van der Waals surface area contributed by atoms with E-state index in [9.17, 15) is 18.4 Å². The van der Waals surface area contributed by atoms with Crippen LogP contribution < -0.4 is 16.6 Å². The minimum atomic E-state index is -1.04. The summed E-state index contributed by atoms with van der Waals surface area (Å²) in [6, 6.07) is 9.90. The second-order valence-electron chi connectivity index (χ2n) is 5.35. The molecule has 3 aromatic rings. The number of aldehydes is 1. The third-order valence-corrected chi connectivity index (χ3v) is 3.64. The van der Waals surface area contributed by atoms with Gasteiger partial charge in [-0.2, -0.15) is 0 Å². The number of carbonyl (C=O) groups excluding carboxylic acids is 1. The topological polar surface area (TPSA) is 88.0 Å². The van der Waals surface area contributed by atoms with Gasteiger partial charge >= 0.3 is 0 Å². The number of anilines is 1. The number of hydrogen-bond donors (Lipinski definition) is 3. The fraction of sp³-hybridized carbons (Fsp3) is 0. The number of carbonyl (C=O) groups is 1. The van der Waals surface area contributed by atoms with Crippen molar-refractivity contribution >= 4 is 28.6 Å². The van der Waals surface area contributed by atoms with E-state index in [0.29, 0.717) is 16.6 Å². The number of aromatic amines is 1. The number of pyridine rings is 1. The van der Waals surface area contributed by atoms with Gasteiger partial charge < -0.3 is 16.0 Å². The van der Waals surface area contributed by atoms with Crippen molar-refractivity contribution in [2.45, 2.75) is 0 Å². The van der Waals surface area contributed by atoms with Crippen LogP contribution in [0.4, 0.5) is 14.5 Å². The van der Waals surface area contributed by atoms with Crippen LogP contribution in [0, 0.1) is 11.6 Å². The maximum Gasteiger partial charge on any atom is 0.257 e. The Hall–Kier alpha value is -3.48. The largest absolute Gasteiger partial charge is 0.397 e. The molecule has 25 heavy (non-hydrogen) atoms. The number of fused-ring (bicyclic) bond motifs is 1. The van der Waals surface area contributed by atoms with Crippen LogP contribution in [0.5, 0.6) is 0 Å². The van der Waals surface area contributed by atoms with Gasteiger partial charge in [-0.3, -0.25) is 9.59 Å². The quantitative estimate of drug-likeness (QED) is 0.637. The highest BCUT2D eigenvalue weighted by molar-refractivity contribution is 5.82. The number of rotatable bonds is 4. The summed E-state index contributed by atoms with van der Waals surface area (Å²) < 4.78 is 26.6. The summed E-state index contributed by atoms with van der Waals surface area (Å²) >= 11 is 0. The van der Waals surface area contributed by atoms with Crippen molar-refractivity contribution in [1.82, 2.24) is 4.98 Å². The van der Waals surface area contributed by atoms with Crippen LogP contribution in [0.1, 0.15) is 15.9 Å². The third-order valence-electron chi connectivity index (χ3n) is 3.64. The average Bonchev–Trinajstić information content (AvgIpc) is 2.61. The minimum absolute atomic E-state index is 0.118. The SMILES string of the molecule is N/C(=C\Nc1ccc(C=O)cc1)c1cc2cc(F)c(F)cc2[nH]c1=O. The maximum atomic E-state index is 13.4. The van der Waals surface area contributed by atoms with Gasteiger partial charge in [-0.25, -0.2) is 8.78 Å². The van der Waals surface area contributed by atoms with E-state index in [4.69, 9.17) is 5.73 Å². The maximum absolute atomic E-state index is 13.4. The van der Waals surface area contributed by atoms with E-state index >= 15 is 0 Å². The predicted octanol–water partition coefficient (Wildman–Crippen LogP) is 2.99. The molecule has 2 aromatic carbocycles. The fourth-order valence-electron chi connectivity index (χ4n) is 2.31. The number of H-pyrrole nitrogens is 1. The number of nitrogens with one attached hydrogen (secondary N) is 2. The lowest BCUT2D eigenvalue weighted by molar-refractivity contribution is 0.112. The first-order chi connectivity index (χ1) is 12.0. The molecule has 0 fully saturated rings. The third kappa shape index (κ3) is 3.40. The molecule has 0 bridgehead atoms. The number of nitrogens with two attached hydrogens (primary N) is 1. The lowest BCUT2D eigenvalue weighted by Gasteiger charge is -2.06. The summed E-state index contributed by atoms with van der Waals surface area (Å²) in [5.74, 6) is -2.05. The Morgan fingerprint density at radius 2 is 1.76 bits per heavy atom. The smallest absolute Gasteiger partial charge is 0.257 e. The van der Waals surface area contributed by atoms with Crippen molar-refractivity contribution in [3.63, 3.8) is 0 Å². The molecule has 0 unspecified atom stereocenters. The van der Waals surface area contributed by atoms with E-state index in [1.165, 1.54) is 12.3 Å². The first kappa shape index (κ1) is 16.4. The molecule has 1 heterocycles. The number of hydrogen-bond acceptors (Lipinski definition) is 4. The molecule has 0 saturated heterocycles. The van der Waals surface area contributed by atoms with Gasteiger partial charge in [0.05, 0.1) is 16.8 Å². The monoisotopic (exact) mass is 341 g/mol. The van der Waals surface area contributed by atoms with Gasteiger partial charge in [0, 0.05) is 28.9 Å². The summed E-state index contributed by atoms with van der Waals surface area (Å²) in [5, 5.41) is 3.22. The molecule has 3 rings (SSSR count). The highest BCUT2D eigenvalue weighted by Crippen LogP contribution is 2.18. The molecule has 126 valence electrons. The van der Waals surface area contributed by atoms with Crippen molar-refractivity contribution < 1.29 is 13.6 Å². The lowest BCUT2D eigenvalue weighted by Crippen LogP contribution is -2.16. The van der Waals surface area contributed by atoms with Gasteiger partial charge in [0.2, 0.25) is 0 Å². The van der Waals surface area contributed by atoms with Crippen LogP contribution in [0.25, 0.3) is 16.6 Å². The highest BCUT2D eigenvalue weighted by atomic mass is 19.2. The zero-order chi connectivity index (χ0) is 18.0. The summed E-state index contributed by atoms with van der Waals surface area (Å²) in [6.45, 7) is 0. The van der Waals surface area contributed by atoms with Gasteiger partial charge in [0.15, 0.2) is 11.6 Å². The summed E-state index contributed by atoms with van der Waals surface area (Å²) in [6.07, 6.45) is 2.14. The molecule has 5 nitrogen and oxygen atoms in total. The van der Waals surface area contributed by atoms with Crippen molar-refractivity contribution in [2.24, 2.45) is 5.73 Å². The standard InChI is InChI=1S/C18H13F2N3O2/c19-14-6-11-5-13(18(25)23-17(11)7-15(14)20)16(21)8-22-12-3-1-10(9-24)2-4-12/h1-9,22H,21H2,(H,23,25)/b16-8-. The molecule has 0 aliphatic carbocycles.